The molecule has 0 aliphatic rings. The van der Waals surface area contributed by atoms with Crippen LogP contribution < -0.4 is 5.32 Å². The molecule has 0 unspecified atom stereocenters. The zero-order valence-electron chi connectivity index (χ0n) is 33.1. The van der Waals surface area contributed by atoms with E-state index in [0.717, 1.165) is 48.2 Å². The first-order chi connectivity index (χ1) is 31.1. The Kier molecular flexibility index (Phi) is 12.8. The molecule has 0 aliphatic heterocycles. The molecule has 0 atom stereocenters. The zero-order chi connectivity index (χ0) is 47.2. The molecule has 0 spiro atoms. The number of para-hydroxylation sites is 1. The molecule has 24 heteroatoms. The number of phenolic OH excluding ortho intramolecular Hbond substituents is 1. The topological polar surface area (TPSA) is 324 Å². The number of nitrogens with zero attached hydrogens (tertiary/aromatic N) is 6. The van der Waals surface area contributed by atoms with Crippen LogP contribution in [0, 0.1) is 0 Å². The third-order valence-corrected chi connectivity index (χ3v) is 13.2. The summed E-state index contributed by atoms with van der Waals surface area (Å²) < 4.78 is 137. The van der Waals surface area contributed by atoms with Crippen LogP contribution in [0.4, 0.5) is 45.5 Å². The molecule has 0 aromatic heterocycles. The van der Waals surface area contributed by atoms with Crippen LogP contribution >= 0.6 is 0 Å². The van der Waals surface area contributed by atoms with Crippen LogP contribution in [-0.4, -0.2) is 57.0 Å². The predicted molar refractivity (Wildman–Crippen MR) is 248 cm³/mol. The summed E-state index contributed by atoms with van der Waals surface area (Å²) in [6.45, 7) is 0. The number of fused-ring (bicyclic) bond motifs is 3. The van der Waals surface area contributed by atoms with E-state index >= 15 is 0 Å². The van der Waals surface area contributed by atoms with Gasteiger partial charge in [-0.2, -0.15) is 38.8 Å². The maximum absolute atomic E-state index is 12.7. The summed E-state index contributed by atoms with van der Waals surface area (Å²) in [5, 5.41) is 40.3. The molecular formula is C43H33N7O13S4. The lowest BCUT2D eigenvalue weighted by molar-refractivity contribution is 0.472. The molecule has 0 heterocycles. The number of rotatable bonds is 12. The standard InChI is InChI=1S/C42H29N7O13S4.CH4/c50-42-31-12-9-26(43-25-5-2-1-3-6-25)19-24(31)20-40(66(60,61)62)41(42)49-48-37-16-18-39(35-23-30(65(57,58)59)11-14-33(35)37)47-46-36-15-17-38(34-22-29(64(54,55)56)10-13-32(34)36)45-44-27-7-4-8-28(21-27)63(51,52)53;/h1-23,43,50H,(H,51,52,53)(H,54,55,56)(H,57,58,59)(H,60,61,62);1H4. The molecule has 0 radical (unpaired) electrons. The number of hydrogen-bond acceptors (Lipinski definition) is 16. The third-order valence-electron chi connectivity index (χ3n) is 9.78. The molecule has 20 nitrogen and oxygen atoms in total. The number of hydrogen-bond donors (Lipinski definition) is 6. The quantitative estimate of drug-likeness (QED) is 0.0490. The normalized spacial score (nSPS) is 12.7. The monoisotopic (exact) mass is 983 g/mol. The maximum Gasteiger partial charge on any atom is 0.296 e. The van der Waals surface area contributed by atoms with Crippen LogP contribution in [0.2, 0.25) is 0 Å². The first kappa shape index (κ1) is 47.5. The number of nitrogens with one attached hydrogen (secondary N) is 1. The van der Waals surface area contributed by atoms with Crippen LogP contribution in [0.3, 0.4) is 0 Å². The minimum atomic E-state index is -5.02. The molecule has 342 valence electrons. The largest absolute Gasteiger partial charge is 0.505 e. The zero-order valence-corrected chi connectivity index (χ0v) is 36.4. The molecule has 67 heavy (non-hydrogen) atoms. The van der Waals surface area contributed by atoms with Crippen molar-refractivity contribution in [3.05, 3.63) is 140 Å². The van der Waals surface area contributed by atoms with Gasteiger partial charge < -0.3 is 10.4 Å². The van der Waals surface area contributed by atoms with E-state index in [1.165, 1.54) is 54.6 Å². The molecule has 0 amide bonds. The van der Waals surface area contributed by atoms with Crippen molar-refractivity contribution < 1.29 is 57.0 Å². The average Bonchev–Trinajstić information content (AvgIpc) is 3.26. The van der Waals surface area contributed by atoms with Crippen LogP contribution in [0.25, 0.3) is 32.3 Å². The van der Waals surface area contributed by atoms with E-state index < -0.39 is 71.5 Å². The minimum Gasteiger partial charge on any atom is -0.505 e. The molecule has 6 N–H and O–H groups in total. The Morgan fingerprint density at radius 1 is 0.388 bits per heavy atom. The van der Waals surface area contributed by atoms with Crippen molar-refractivity contribution >= 4 is 118 Å². The van der Waals surface area contributed by atoms with Gasteiger partial charge in [0.15, 0.2) is 5.75 Å². The fourth-order valence-electron chi connectivity index (χ4n) is 6.70. The summed E-state index contributed by atoms with van der Waals surface area (Å²) >= 11 is 0. The van der Waals surface area contributed by atoms with E-state index in [1.54, 1.807) is 12.1 Å². The maximum atomic E-state index is 12.7. The van der Waals surface area contributed by atoms with Crippen LogP contribution in [0.15, 0.2) is 190 Å². The summed E-state index contributed by atoms with van der Waals surface area (Å²) in [7, 11) is -19.1. The van der Waals surface area contributed by atoms with E-state index in [4.69, 9.17) is 0 Å². The summed E-state index contributed by atoms with van der Waals surface area (Å²) in [5.41, 5.74) is 0.765. The van der Waals surface area contributed by atoms with Gasteiger partial charge >= 0.3 is 0 Å². The SMILES string of the molecule is C.O=S(=O)(O)c1cccc(N=Nc2ccc(N=Nc3ccc(N=Nc4c(S(=O)(=O)O)cc5cc(Nc6ccccc6)ccc5c4O)c4ccc(S(=O)(=O)O)cc34)c3ccc(S(=O)(=O)O)cc23)c1. The lowest BCUT2D eigenvalue weighted by Gasteiger charge is -2.12. The second-order valence-electron chi connectivity index (χ2n) is 14.1. The molecule has 0 fully saturated rings. The lowest BCUT2D eigenvalue weighted by atomic mass is 10.1. The van der Waals surface area contributed by atoms with Crippen LogP contribution in [0.5, 0.6) is 5.75 Å². The first-order valence-electron chi connectivity index (χ1n) is 18.6. The van der Waals surface area contributed by atoms with E-state index in [9.17, 15) is 57.0 Å². The number of anilines is 2. The van der Waals surface area contributed by atoms with Gasteiger partial charge in [0.25, 0.3) is 40.5 Å². The van der Waals surface area contributed by atoms with E-state index in [-0.39, 0.29) is 68.2 Å². The Balaban J connectivity index is 0.00000666. The Hall–Kier alpha value is -7.42. The van der Waals surface area contributed by atoms with Gasteiger partial charge in [-0.15, -0.1) is 25.6 Å². The summed E-state index contributed by atoms with van der Waals surface area (Å²) in [6, 6.07) is 32.1. The van der Waals surface area contributed by atoms with Gasteiger partial charge in [-0.25, -0.2) is 0 Å². The van der Waals surface area contributed by atoms with Gasteiger partial charge in [0.2, 0.25) is 0 Å². The fourth-order valence-corrected chi connectivity index (χ4v) is 8.89. The van der Waals surface area contributed by atoms with Crippen LogP contribution in [0.1, 0.15) is 7.43 Å². The summed E-state index contributed by atoms with van der Waals surface area (Å²) in [5.74, 6) is -0.631. The highest BCUT2D eigenvalue weighted by Crippen LogP contribution is 2.44. The number of benzene rings is 8. The van der Waals surface area contributed by atoms with Gasteiger partial charge in [-0.05, 0) is 109 Å². The number of azo groups is 3. The van der Waals surface area contributed by atoms with E-state index in [2.05, 4.69) is 36.0 Å². The molecule has 8 rings (SSSR count). The van der Waals surface area contributed by atoms with Crippen molar-refractivity contribution in [3.8, 4) is 5.75 Å². The van der Waals surface area contributed by atoms with Gasteiger partial charge in [-0.1, -0.05) is 43.8 Å². The average molecular weight is 984 g/mol. The van der Waals surface area contributed by atoms with Crippen molar-refractivity contribution in [2.45, 2.75) is 27.0 Å². The molecule has 0 bridgehead atoms. The van der Waals surface area contributed by atoms with Crippen molar-refractivity contribution in [1.29, 1.82) is 0 Å². The van der Waals surface area contributed by atoms with Crippen LogP contribution in [-0.2, 0) is 40.5 Å². The fraction of sp³-hybridized carbons (Fsp3) is 0.0233. The van der Waals surface area contributed by atoms with Gasteiger partial charge in [0.05, 0.1) is 43.1 Å². The number of phenols is 1. The van der Waals surface area contributed by atoms with E-state index in [1.807, 2.05) is 30.3 Å². The summed E-state index contributed by atoms with van der Waals surface area (Å²) in [4.78, 5) is -2.30. The van der Waals surface area contributed by atoms with E-state index in [0.29, 0.717) is 5.69 Å². The molecule has 0 saturated carbocycles. The van der Waals surface area contributed by atoms with Crippen molar-refractivity contribution in [1.82, 2.24) is 0 Å². The van der Waals surface area contributed by atoms with Crippen molar-refractivity contribution in [3.63, 3.8) is 0 Å². The van der Waals surface area contributed by atoms with Gasteiger partial charge in [-0.3, -0.25) is 18.2 Å². The second kappa shape index (κ2) is 18.1. The first-order valence-corrected chi connectivity index (χ1v) is 24.4. The highest BCUT2D eigenvalue weighted by molar-refractivity contribution is 7.86. The van der Waals surface area contributed by atoms with Crippen molar-refractivity contribution in [2.75, 3.05) is 5.32 Å². The van der Waals surface area contributed by atoms with Crippen molar-refractivity contribution in [2.24, 2.45) is 30.7 Å². The van der Waals surface area contributed by atoms with Gasteiger partial charge in [0, 0.05) is 38.3 Å². The minimum absolute atomic E-state index is 0. The predicted octanol–water partition coefficient (Wildman–Crippen LogP) is 11.5. The number of aromatic hydroxyl groups is 1. The Bertz CT molecular complexity index is 3870. The highest BCUT2D eigenvalue weighted by Gasteiger charge is 2.23. The summed E-state index contributed by atoms with van der Waals surface area (Å²) in [6.07, 6.45) is 0. The second-order valence-corrected chi connectivity index (χ2v) is 19.8. The third kappa shape index (κ3) is 10.4. The molecule has 8 aromatic rings. The molecular weight excluding hydrogens is 951 g/mol. The Morgan fingerprint density at radius 2 is 0.866 bits per heavy atom. The smallest absolute Gasteiger partial charge is 0.296 e. The molecule has 0 saturated heterocycles. The van der Waals surface area contributed by atoms with Gasteiger partial charge in [0.1, 0.15) is 10.6 Å². The Labute approximate surface area is 381 Å². The Morgan fingerprint density at radius 3 is 1.39 bits per heavy atom. The molecule has 8 aromatic carbocycles. The lowest BCUT2D eigenvalue weighted by Crippen LogP contribution is -1.99. The highest BCUT2D eigenvalue weighted by atomic mass is 32.2. The molecule has 0 aliphatic carbocycles.